The van der Waals surface area contributed by atoms with Crippen molar-refractivity contribution in [3.8, 4) is 0 Å². The molecule has 1 heterocycles. The molecule has 1 aromatic carbocycles. The van der Waals surface area contributed by atoms with Crippen LogP contribution in [-0.2, 0) is 22.5 Å². The minimum absolute atomic E-state index is 0. The van der Waals surface area contributed by atoms with Crippen molar-refractivity contribution >= 4 is 6.29 Å². The van der Waals surface area contributed by atoms with E-state index in [0.29, 0.717) is 0 Å². The second-order valence-corrected chi connectivity index (χ2v) is 13.7. The molecule has 0 N–H and O–H groups in total. The minimum atomic E-state index is 0. The Bertz CT molecular complexity index is 797. The maximum absolute atomic E-state index is 10.1. The predicted octanol–water partition coefficient (Wildman–Crippen LogP) is 8.96. The Morgan fingerprint density at radius 3 is 1.62 bits per heavy atom. The van der Waals surface area contributed by atoms with E-state index >= 15 is 0 Å². The third-order valence-electron chi connectivity index (χ3n) is 9.34. The number of unbranched alkanes of at least 4 members (excludes halogenated alkanes) is 20. The number of hydrogen-bond acceptors (Lipinski definition) is 2. The number of halogens is 1. The number of carbonyl (C=O) groups is 1. The van der Waals surface area contributed by atoms with Crippen molar-refractivity contribution in [1.82, 2.24) is 0 Å². The molecule has 0 saturated carbocycles. The van der Waals surface area contributed by atoms with Gasteiger partial charge in [0.1, 0.15) is 19.4 Å². The monoisotopic (exact) mass is 739 g/mol. The van der Waals surface area contributed by atoms with E-state index in [0.717, 1.165) is 49.9 Å². The quantitative estimate of drug-likeness (QED) is 0.0282. The van der Waals surface area contributed by atoms with Crippen LogP contribution in [-0.4, -0.2) is 44.1 Å². The van der Waals surface area contributed by atoms with Crippen LogP contribution in [0.5, 0.6) is 0 Å². The van der Waals surface area contributed by atoms with E-state index in [1.165, 1.54) is 153 Å². The number of hydrogen-bond donors (Lipinski definition) is 0. The molecule has 4 heteroatoms. The SMILES string of the molecule is CCCCCCCC/C=C\CCCCCCCC=O.CCCCCCCCCCCOCC[N+]1(C)CCc2ccccc2C1.[I-]. The molecular formula is C41H74INO2. The molecule has 0 radical (unpaired) electrons. The molecule has 0 spiro atoms. The fraction of sp³-hybridized carbons (Fsp3) is 0.780. The topological polar surface area (TPSA) is 26.3 Å². The van der Waals surface area contributed by atoms with Gasteiger partial charge >= 0.3 is 0 Å². The molecule has 3 nitrogen and oxygen atoms in total. The first kappa shape index (κ1) is 44.3. The van der Waals surface area contributed by atoms with Gasteiger partial charge in [0, 0.05) is 25.0 Å². The van der Waals surface area contributed by atoms with E-state index in [-0.39, 0.29) is 24.0 Å². The van der Waals surface area contributed by atoms with Gasteiger partial charge in [-0.05, 0) is 44.1 Å². The van der Waals surface area contributed by atoms with Crippen molar-refractivity contribution in [3.63, 3.8) is 0 Å². The molecule has 0 amide bonds. The van der Waals surface area contributed by atoms with Gasteiger partial charge in [-0.25, -0.2) is 0 Å². The summed E-state index contributed by atoms with van der Waals surface area (Å²) in [6.07, 6.45) is 37.3. The number of benzene rings is 1. The van der Waals surface area contributed by atoms with Crippen molar-refractivity contribution < 1.29 is 38.0 Å². The number of quaternary nitrogens is 1. The van der Waals surface area contributed by atoms with Crippen LogP contribution in [0.2, 0.25) is 0 Å². The molecule has 0 aromatic heterocycles. The molecule has 262 valence electrons. The number of fused-ring (bicyclic) bond motifs is 1. The Kier molecular flexibility index (Phi) is 32.7. The van der Waals surface area contributed by atoms with Crippen LogP contribution in [0.25, 0.3) is 0 Å². The molecule has 2 rings (SSSR count). The Morgan fingerprint density at radius 2 is 1.09 bits per heavy atom. The summed E-state index contributed by atoms with van der Waals surface area (Å²) in [5, 5.41) is 0. The average molecular weight is 740 g/mol. The van der Waals surface area contributed by atoms with Crippen molar-refractivity contribution in [2.75, 3.05) is 33.4 Å². The Labute approximate surface area is 298 Å². The predicted molar refractivity (Wildman–Crippen MR) is 193 cm³/mol. The van der Waals surface area contributed by atoms with Gasteiger partial charge in [0.25, 0.3) is 0 Å². The fourth-order valence-corrected chi connectivity index (χ4v) is 6.23. The zero-order valence-corrected chi connectivity index (χ0v) is 32.3. The van der Waals surface area contributed by atoms with E-state index in [9.17, 15) is 4.79 Å². The number of ether oxygens (including phenoxy) is 1. The third kappa shape index (κ3) is 27.0. The highest BCUT2D eigenvalue weighted by Crippen LogP contribution is 2.23. The average Bonchev–Trinajstić information content (AvgIpc) is 3.03. The van der Waals surface area contributed by atoms with Gasteiger partial charge in [0.15, 0.2) is 0 Å². The summed E-state index contributed by atoms with van der Waals surface area (Å²) in [6.45, 7) is 9.97. The molecule has 1 aliphatic heterocycles. The molecule has 1 aliphatic rings. The van der Waals surface area contributed by atoms with E-state index in [4.69, 9.17) is 4.74 Å². The van der Waals surface area contributed by atoms with Gasteiger partial charge in [-0.1, -0.05) is 153 Å². The largest absolute Gasteiger partial charge is 1.00 e. The first-order valence-corrected chi connectivity index (χ1v) is 19.2. The molecule has 0 aliphatic carbocycles. The summed E-state index contributed by atoms with van der Waals surface area (Å²) in [6, 6.07) is 8.94. The maximum Gasteiger partial charge on any atom is 0.119 e. The standard InChI is InChI=1S/C23H40NO.C18H34O.HI/c1-3-4-5-6-7-8-9-10-13-19-25-20-18-24(2)17-16-22-14-11-12-15-23(22)21-24;1-2-3-4-5-6-7-8-9-10-11-12-13-14-15-16-17-18-19;/h11-12,14-15H,3-10,13,16-21H2,1-2H3;9-10,18H,2-8,11-17H2,1H3;1H/q+1;;/p-1/b;10-9-;. The lowest BCUT2D eigenvalue weighted by Gasteiger charge is -2.38. The smallest absolute Gasteiger partial charge is 0.119 e. The zero-order chi connectivity index (χ0) is 31.8. The fourth-order valence-electron chi connectivity index (χ4n) is 6.23. The highest BCUT2D eigenvalue weighted by atomic mass is 127. The number of allylic oxidation sites excluding steroid dienone is 2. The van der Waals surface area contributed by atoms with Crippen LogP contribution in [0.1, 0.15) is 173 Å². The van der Waals surface area contributed by atoms with Crippen molar-refractivity contribution in [2.24, 2.45) is 0 Å². The summed E-state index contributed by atoms with van der Waals surface area (Å²) in [7, 11) is 2.39. The van der Waals surface area contributed by atoms with E-state index in [2.05, 4.69) is 57.3 Å². The number of aldehydes is 1. The van der Waals surface area contributed by atoms with Crippen molar-refractivity contribution in [3.05, 3.63) is 47.5 Å². The van der Waals surface area contributed by atoms with Crippen LogP contribution < -0.4 is 24.0 Å². The van der Waals surface area contributed by atoms with Crippen molar-refractivity contribution in [1.29, 1.82) is 0 Å². The molecule has 45 heavy (non-hydrogen) atoms. The van der Waals surface area contributed by atoms with Crippen molar-refractivity contribution in [2.45, 2.75) is 174 Å². The number of nitrogens with zero attached hydrogens (tertiary/aromatic N) is 1. The Balaban J connectivity index is 0.000000877. The Morgan fingerprint density at radius 1 is 0.622 bits per heavy atom. The molecule has 0 fully saturated rings. The molecule has 0 saturated heterocycles. The van der Waals surface area contributed by atoms with Gasteiger partial charge < -0.3 is 38.0 Å². The van der Waals surface area contributed by atoms with Crippen LogP contribution in [0, 0.1) is 0 Å². The maximum atomic E-state index is 10.1. The number of likely N-dealkylation sites (N-methyl/N-ethyl adjacent to an activating group) is 1. The second kappa shape index (κ2) is 33.2. The lowest BCUT2D eigenvalue weighted by atomic mass is 9.98. The van der Waals surface area contributed by atoms with Crippen LogP contribution in [0.3, 0.4) is 0 Å². The van der Waals surface area contributed by atoms with Gasteiger partial charge in [-0.3, -0.25) is 0 Å². The minimum Gasteiger partial charge on any atom is -1.00 e. The first-order valence-electron chi connectivity index (χ1n) is 19.2. The molecule has 1 atom stereocenters. The second-order valence-electron chi connectivity index (χ2n) is 13.7. The molecular weight excluding hydrogens is 665 g/mol. The van der Waals surface area contributed by atoms with E-state index in [1.54, 1.807) is 5.56 Å². The van der Waals surface area contributed by atoms with Gasteiger partial charge in [-0.15, -0.1) is 0 Å². The highest BCUT2D eigenvalue weighted by Gasteiger charge is 2.27. The first-order chi connectivity index (χ1) is 21.6. The number of carbonyl (C=O) groups excluding carboxylic acids is 1. The highest BCUT2D eigenvalue weighted by molar-refractivity contribution is 5.48. The van der Waals surface area contributed by atoms with Crippen LogP contribution in [0.15, 0.2) is 36.4 Å². The summed E-state index contributed by atoms with van der Waals surface area (Å²) < 4.78 is 7.07. The Hall–Kier alpha value is -0.720. The van der Waals surface area contributed by atoms with Gasteiger partial charge in [-0.2, -0.15) is 0 Å². The number of rotatable bonds is 28. The summed E-state index contributed by atoms with van der Waals surface area (Å²) in [5.74, 6) is 0. The van der Waals surface area contributed by atoms with Crippen LogP contribution in [0.4, 0.5) is 0 Å². The third-order valence-corrected chi connectivity index (χ3v) is 9.34. The molecule has 0 bridgehead atoms. The lowest BCUT2D eigenvalue weighted by molar-refractivity contribution is -0.924. The van der Waals surface area contributed by atoms with E-state index < -0.39 is 0 Å². The zero-order valence-electron chi connectivity index (χ0n) is 30.2. The molecule has 1 unspecified atom stereocenters. The normalized spacial score (nSPS) is 15.7. The lowest BCUT2D eigenvalue weighted by Crippen LogP contribution is -3.00. The van der Waals surface area contributed by atoms with Gasteiger partial charge in [0.2, 0.25) is 0 Å². The molecule has 1 aromatic rings. The summed E-state index contributed by atoms with van der Waals surface area (Å²) >= 11 is 0. The van der Waals surface area contributed by atoms with Gasteiger partial charge in [0.05, 0.1) is 20.2 Å². The summed E-state index contributed by atoms with van der Waals surface area (Å²) in [4.78, 5) is 10.1. The summed E-state index contributed by atoms with van der Waals surface area (Å²) in [5.41, 5.74) is 3.09. The van der Waals surface area contributed by atoms with Crippen LogP contribution >= 0.6 is 0 Å². The van der Waals surface area contributed by atoms with E-state index in [1.807, 2.05) is 0 Å².